The average molecular weight is 271 g/mol. The molecule has 2 unspecified atom stereocenters. The van der Waals surface area contributed by atoms with Gasteiger partial charge in [0, 0.05) is 19.0 Å². The van der Waals surface area contributed by atoms with Gasteiger partial charge in [0.1, 0.15) is 5.82 Å². The van der Waals surface area contributed by atoms with E-state index in [0.717, 1.165) is 35.7 Å². The Hall–Kier alpha value is -1.35. The fraction of sp³-hybridized carbons (Fsp3) is 0.588. The van der Waals surface area contributed by atoms with Crippen molar-refractivity contribution in [2.45, 2.75) is 52.0 Å². The van der Waals surface area contributed by atoms with E-state index in [9.17, 15) is 0 Å². The van der Waals surface area contributed by atoms with Crippen LogP contribution in [0.2, 0.25) is 0 Å². The number of rotatable bonds is 4. The molecule has 1 aliphatic rings. The minimum atomic E-state index is 0.704. The van der Waals surface area contributed by atoms with Gasteiger partial charge in [-0.25, -0.2) is 4.98 Å². The lowest BCUT2D eigenvalue weighted by Crippen LogP contribution is -2.38. The van der Waals surface area contributed by atoms with Gasteiger partial charge < -0.3 is 10.3 Å². The number of nitrogens with one attached hydrogen (secondary N) is 2. The SMILES string of the molecule is Cc1ccc2nc(CCNC3CCCCC3C)[nH]c2c1. The van der Waals surface area contributed by atoms with E-state index >= 15 is 0 Å². The molecule has 1 saturated carbocycles. The van der Waals surface area contributed by atoms with Crippen LogP contribution in [0.5, 0.6) is 0 Å². The quantitative estimate of drug-likeness (QED) is 0.892. The monoisotopic (exact) mass is 271 g/mol. The first-order valence-corrected chi connectivity index (χ1v) is 7.91. The molecule has 1 fully saturated rings. The van der Waals surface area contributed by atoms with Crippen LogP contribution in [0.15, 0.2) is 18.2 Å². The fourth-order valence-corrected chi connectivity index (χ4v) is 3.29. The molecule has 20 heavy (non-hydrogen) atoms. The molecule has 2 atom stereocenters. The lowest BCUT2D eigenvalue weighted by Gasteiger charge is -2.29. The molecular formula is C17H25N3. The number of imidazole rings is 1. The van der Waals surface area contributed by atoms with Crippen molar-refractivity contribution in [1.82, 2.24) is 15.3 Å². The molecule has 1 aliphatic carbocycles. The number of aromatic amines is 1. The summed E-state index contributed by atoms with van der Waals surface area (Å²) >= 11 is 0. The van der Waals surface area contributed by atoms with Crippen molar-refractivity contribution >= 4 is 11.0 Å². The summed E-state index contributed by atoms with van der Waals surface area (Å²) < 4.78 is 0. The smallest absolute Gasteiger partial charge is 0.108 e. The lowest BCUT2D eigenvalue weighted by atomic mass is 9.86. The van der Waals surface area contributed by atoms with E-state index in [1.807, 2.05) is 0 Å². The molecular weight excluding hydrogens is 246 g/mol. The molecule has 1 aromatic heterocycles. The number of aromatic nitrogens is 2. The number of aryl methyl sites for hydroxylation is 1. The van der Waals surface area contributed by atoms with E-state index < -0.39 is 0 Å². The molecule has 1 aromatic carbocycles. The Morgan fingerprint density at radius 2 is 2.15 bits per heavy atom. The van der Waals surface area contributed by atoms with E-state index in [1.54, 1.807) is 0 Å². The first-order valence-electron chi connectivity index (χ1n) is 7.91. The van der Waals surface area contributed by atoms with Crippen LogP contribution in [-0.2, 0) is 6.42 Å². The number of hydrogen-bond donors (Lipinski definition) is 2. The molecule has 0 saturated heterocycles. The molecule has 2 N–H and O–H groups in total. The van der Waals surface area contributed by atoms with Crippen molar-refractivity contribution in [2.24, 2.45) is 5.92 Å². The van der Waals surface area contributed by atoms with Crippen molar-refractivity contribution in [3.8, 4) is 0 Å². The molecule has 3 nitrogen and oxygen atoms in total. The Bertz CT molecular complexity index is 573. The maximum absolute atomic E-state index is 4.66. The van der Waals surface area contributed by atoms with Crippen molar-refractivity contribution in [3.63, 3.8) is 0 Å². The predicted molar refractivity (Wildman–Crippen MR) is 84.0 cm³/mol. The van der Waals surface area contributed by atoms with Gasteiger partial charge in [-0.15, -0.1) is 0 Å². The third-order valence-corrected chi connectivity index (χ3v) is 4.57. The van der Waals surface area contributed by atoms with Crippen LogP contribution in [0.25, 0.3) is 11.0 Å². The standard InChI is InChI=1S/C17H25N3/c1-12-7-8-15-16(11-12)20-17(19-15)9-10-18-14-6-4-3-5-13(14)2/h7-8,11,13-14,18H,3-6,9-10H2,1-2H3,(H,19,20). The number of fused-ring (bicyclic) bond motifs is 1. The fourth-order valence-electron chi connectivity index (χ4n) is 3.29. The molecule has 2 aromatic rings. The first kappa shape index (κ1) is 13.6. The van der Waals surface area contributed by atoms with Crippen molar-refractivity contribution in [2.75, 3.05) is 6.54 Å². The normalized spacial score (nSPS) is 23.3. The van der Waals surface area contributed by atoms with Crippen LogP contribution in [-0.4, -0.2) is 22.6 Å². The summed E-state index contributed by atoms with van der Waals surface area (Å²) in [6, 6.07) is 7.09. The van der Waals surface area contributed by atoms with Gasteiger partial charge in [-0.1, -0.05) is 25.8 Å². The van der Waals surface area contributed by atoms with E-state index in [4.69, 9.17) is 0 Å². The van der Waals surface area contributed by atoms with Gasteiger partial charge in [-0.05, 0) is 43.4 Å². The minimum absolute atomic E-state index is 0.704. The average Bonchev–Trinajstić information content (AvgIpc) is 2.83. The largest absolute Gasteiger partial charge is 0.342 e. The summed E-state index contributed by atoms with van der Waals surface area (Å²) in [6.07, 6.45) is 6.48. The maximum Gasteiger partial charge on any atom is 0.108 e. The number of hydrogen-bond acceptors (Lipinski definition) is 2. The van der Waals surface area contributed by atoms with Crippen molar-refractivity contribution in [1.29, 1.82) is 0 Å². The molecule has 0 radical (unpaired) electrons. The summed E-state index contributed by atoms with van der Waals surface area (Å²) in [4.78, 5) is 8.09. The third-order valence-electron chi connectivity index (χ3n) is 4.57. The van der Waals surface area contributed by atoms with Crippen molar-refractivity contribution in [3.05, 3.63) is 29.6 Å². The minimum Gasteiger partial charge on any atom is -0.342 e. The molecule has 108 valence electrons. The Labute approximate surface area is 121 Å². The summed E-state index contributed by atoms with van der Waals surface area (Å²) in [7, 11) is 0. The predicted octanol–water partition coefficient (Wildman–Crippen LogP) is 3.58. The van der Waals surface area contributed by atoms with E-state index in [0.29, 0.717) is 6.04 Å². The van der Waals surface area contributed by atoms with Gasteiger partial charge >= 0.3 is 0 Å². The zero-order chi connectivity index (χ0) is 13.9. The second-order valence-corrected chi connectivity index (χ2v) is 6.28. The van der Waals surface area contributed by atoms with Crippen LogP contribution in [0, 0.1) is 12.8 Å². The Morgan fingerprint density at radius 1 is 1.30 bits per heavy atom. The first-order chi connectivity index (χ1) is 9.72. The summed E-state index contributed by atoms with van der Waals surface area (Å²) in [6.45, 7) is 5.51. The Balaban J connectivity index is 1.57. The van der Waals surface area contributed by atoms with Crippen LogP contribution >= 0.6 is 0 Å². The van der Waals surface area contributed by atoms with Crippen LogP contribution in [0.4, 0.5) is 0 Å². The van der Waals surface area contributed by atoms with E-state index in [-0.39, 0.29) is 0 Å². The zero-order valence-electron chi connectivity index (χ0n) is 12.6. The number of benzene rings is 1. The molecule has 0 amide bonds. The highest BCUT2D eigenvalue weighted by Gasteiger charge is 2.20. The topological polar surface area (TPSA) is 40.7 Å². The Kier molecular flexibility index (Phi) is 4.06. The van der Waals surface area contributed by atoms with Crippen LogP contribution < -0.4 is 5.32 Å². The van der Waals surface area contributed by atoms with Crippen LogP contribution in [0.3, 0.4) is 0 Å². The van der Waals surface area contributed by atoms with E-state index in [2.05, 4.69) is 47.3 Å². The summed E-state index contributed by atoms with van der Waals surface area (Å²) in [5.74, 6) is 1.92. The summed E-state index contributed by atoms with van der Waals surface area (Å²) in [5.41, 5.74) is 3.52. The van der Waals surface area contributed by atoms with Gasteiger partial charge in [-0.2, -0.15) is 0 Å². The molecule has 3 rings (SSSR count). The van der Waals surface area contributed by atoms with Gasteiger partial charge in [0.2, 0.25) is 0 Å². The molecule has 0 aliphatic heterocycles. The molecule has 3 heteroatoms. The number of nitrogens with zero attached hydrogens (tertiary/aromatic N) is 1. The van der Waals surface area contributed by atoms with Gasteiger partial charge in [0.25, 0.3) is 0 Å². The lowest BCUT2D eigenvalue weighted by molar-refractivity contribution is 0.282. The van der Waals surface area contributed by atoms with Crippen LogP contribution in [0.1, 0.15) is 44.0 Å². The van der Waals surface area contributed by atoms with Gasteiger partial charge in [0.05, 0.1) is 11.0 Å². The van der Waals surface area contributed by atoms with Crippen molar-refractivity contribution < 1.29 is 0 Å². The maximum atomic E-state index is 4.66. The highest BCUT2D eigenvalue weighted by atomic mass is 15.0. The van der Waals surface area contributed by atoms with Gasteiger partial charge in [0.15, 0.2) is 0 Å². The third kappa shape index (κ3) is 3.04. The molecule has 1 heterocycles. The second-order valence-electron chi connectivity index (χ2n) is 6.28. The Morgan fingerprint density at radius 3 is 3.00 bits per heavy atom. The summed E-state index contributed by atoms with van der Waals surface area (Å²) in [5, 5.41) is 3.72. The highest BCUT2D eigenvalue weighted by molar-refractivity contribution is 5.75. The second kappa shape index (κ2) is 5.96. The molecule has 0 bridgehead atoms. The highest BCUT2D eigenvalue weighted by Crippen LogP contribution is 2.23. The van der Waals surface area contributed by atoms with E-state index in [1.165, 1.54) is 31.2 Å². The number of H-pyrrole nitrogens is 1. The molecule has 0 spiro atoms. The zero-order valence-corrected chi connectivity index (χ0v) is 12.6. The van der Waals surface area contributed by atoms with Gasteiger partial charge in [-0.3, -0.25) is 0 Å².